The van der Waals surface area contributed by atoms with Crippen LogP contribution in [-0.2, 0) is 6.42 Å². The number of hydrogen-bond acceptors (Lipinski definition) is 5. The summed E-state index contributed by atoms with van der Waals surface area (Å²) in [7, 11) is 1.56. The van der Waals surface area contributed by atoms with Crippen molar-refractivity contribution in [2.45, 2.75) is 31.1 Å². The molecule has 0 saturated carbocycles. The van der Waals surface area contributed by atoms with Gasteiger partial charge < -0.3 is 19.8 Å². The number of nitrogens with one attached hydrogen (secondary N) is 2. The van der Waals surface area contributed by atoms with E-state index in [1.807, 2.05) is 24.3 Å². The molecule has 10 heteroatoms. The van der Waals surface area contributed by atoms with E-state index in [2.05, 4.69) is 15.7 Å². The van der Waals surface area contributed by atoms with Crippen LogP contribution in [0, 0.1) is 0 Å². The molecule has 2 atom stereocenters. The van der Waals surface area contributed by atoms with Crippen LogP contribution in [0.25, 0.3) is 0 Å². The van der Waals surface area contributed by atoms with Crippen LogP contribution < -0.4 is 15.4 Å². The fraction of sp³-hybridized carbons (Fsp3) is 0.333. The van der Waals surface area contributed by atoms with Gasteiger partial charge in [0.1, 0.15) is 17.3 Å². The molecule has 3 aromatic rings. The van der Waals surface area contributed by atoms with Gasteiger partial charge in [0.05, 0.1) is 19.4 Å². The number of halogens is 3. The molecule has 2 N–H and O–H groups in total. The fourth-order valence-corrected chi connectivity index (χ4v) is 3.67. The van der Waals surface area contributed by atoms with Crippen LogP contribution in [0.5, 0.6) is 5.75 Å². The van der Waals surface area contributed by atoms with E-state index in [0.29, 0.717) is 17.9 Å². The lowest BCUT2D eigenvalue weighted by atomic mass is 10.0. The number of methoxy groups -OCH3 is 1. The lowest BCUT2D eigenvalue weighted by molar-refractivity contribution is -0.174. The molecule has 0 fully saturated rings. The molecule has 1 aliphatic heterocycles. The highest BCUT2D eigenvalue weighted by molar-refractivity contribution is 5.93. The smallest absolute Gasteiger partial charge is 0.410 e. The molecule has 1 aliphatic rings. The molecular weight excluding hydrogens is 413 g/mol. The number of furan rings is 1. The number of rotatable bonds is 6. The van der Waals surface area contributed by atoms with Crippen molar-refractivity contribution in [2.75, 3.05) is 19.0 Å². The fourth-order valence-electron chi connectivity index (χ4n) is 3.67. The van der Waals surface area contributed by atoms with Gasteiger partial charge in [-0.1, -0.05) is 18.2 Å². The van der Waals surface area contributed by atoms with Crippen LogP contribution in [0.4, 0.5) is 19.0 Å². The van der Waals surface area contributed by atoms with Crippen LogP contribution in [0.1, 0.15) is 40.3 Å². The summed E-state index contributed by atoms with van der Waals surface area (Å²) in [6, 6.07) is 9.42. The summed E-state index contributed by atoms with van der Waals surface area (Å²) < 4.78 is 52.4. The first kappa shape index (κ1) is 20.8. The van der Waals surface area contributed by atoms with Gasteiger partial charge in [0, 0.05) is 19.0 Å². The van der Waals surface area contributed by atoms with Crippen LogP contribution in [0.3, 0.4) is 0 Å². The van der Waals surface area contributed by atoms with Gasteiger partial charge in [0.2, 0.25) is 0 Å². The topological polar surface area (TPSA) is 81.3 Å². The van der Waals surface area contributed by atoms with Crippen LogP contribution >= 0.6 is 0 Å². The summed E-state index contributed by atoms with van der Waals surface area (Å²) in [5, 5.41) is 9.63. The van der Waals surface area contributed by atoms with Crippen molar-refractivity contribution in [1.82, 2.24) is 15.1 Å². The van der Waals surface area contributed by atoms with Crippen molar-refractivity contribution in [3.8, 4) is 5.75 Å². The Labute approximate surface area is 176 Å². The second-order valence-corrected chi connectivity index (χ2v) is 7.18. The Morgan fingerprint density at radius 1 is 1.32 bits per heavy atom. The zero-order chi connectivity index (χ0) is 22.0. The summed E-state index contributed by atoms with van der Waals surface area (Å²) in [6.07, 6.45) is -2.90. The quantitative estimate of drug-likeness (QED) is 0.610. The Morgan fingerprint density at radius 3 is 2.84 bits per heavy atom. The molecular formula is C21H21F3N4O3. The van der Waals surface area contributed by atoms with Crippen molar-refractivity contribution in [3.63, 3.8) is 0 Å². The van der Waals surface area contributed by atoms with E-state index in [-0.39, 0.29) is 24.5 Å². The van der Waals surface area contributed by atoms with E-state index < -0.39 is 24.2 Å². The molecule has 0 bridgehead atoms. The third kappa shape index (κ3) is 4.37. The maximum absolute atomic E-state index is 13.7. The zero-order valence-electron chi connectivity index (χ0n) is 16.6. The van der Waals surface area contributed by atoms with Gasteiger partial charge in [-0.15, -0.1) is 0 Å². The number of carbonyl (C=O) groups excluding carboxylic acids is 1. The SMILES string of the molecule is COc1ccccc1CCNC(=O)c1cc2n(n1)C(C(F)(F)F)CC(c1ccco1)N2. The van der Waals surface area contributed by atoms with Crippen molar-refractivity contribution in [3.05, 3.63) is 65.7 Å². The third-order valence-corrected chi connectivity index (χ3v) is 5.18. The van der Waals surface area contributed by atoms with E-state index in [1.165, 1.54) is 12.3 Å². The standard InChI is InChI=1S/C21H21F3N4O3/c1-30-16-6-3-2-5-13(16)8-9-25-20(29)15-12-19-26-14(17-7-4-10-31-17)11-18(21(22,23)24)28(19)27-15/h2-7,10,12,14,18,26H,8-9,11H2,1H3,(H,25,29). The number of aromatic nitrogens is 2. The molecule has 0 spiro atoms. The Balaban J connectivity index is 1.49. The molecule has 0 radical (unpaired) electrons. The Morgan fingerprint density at radius 2 is 2.13 bits per heavy atom. The number of amides is 1. The van der Waals surface area contributed by atoms with Crippen molar-refractivity contribution >= 4 is 11.7 Å². The number of alkyl halides is 3. The second kappa shape index (κ2) is 8.37. The van der Waals surface area contributed by atoms with Crippen LogP contribution in [0.2, 0.25) is 0 Å². The predicted molar refractivity (Wildman–Crippen MR) is 106 cm³/mol. The van der Waals surface area contributed by atoms with Crippen LogP contribution in [-0.4, -0.2) is 35.5 Å². The predicted octanol–water partition coefficient (Wildman–Crippen LogP) is 4.12. The van der Waals surface area contributed by atoms with E-state index in [1.54, 1.807) is 19.2 Å². The molecule has 31 heavy (non-hydrogen) atoms. The number of anilines is 1. The third-order valence-electron chi connectivity index (χ3n) is 5.18. The van der Waals surface area contributed by atoms with Gasteiger partial charge in [0.15, 0.2) is 11.7 Å². The molecule has 1 amide bonds. The lowest BCUT2D eigenvalue weighted by Crippen LogP contribution is -2.35. The summed E-state index contributed by atoms with van der Waals surface area (Å²) >= 11 is 0. The average molecular weight is 434 g/mol. The van der Waals surface area contributed by atoms with E-state index in [9.17, 15) is 18.0 Å². The van der Waals surface area contributed by atoms with Gasteiger partial charge in [-0.2, -0.15) is 18.3 Å². The number of ether oxygens (including phenoxy) is 1. The summed E-state index contributed by atoms with van der Waals surface area (Å²) in [4.78, 5) is 12.5. The zero-order valence-corrected chi connectivity index (χ0v) is 16.6. The lowest BCUT2D eigenvalue weighted by Gasteiger charge is -2.32. The van der Waals surface area contributed by atoms with Crippen molar-refractivity contribution in [2.24, 2.45) is 0 Å². The van der Waals surface area contributed by atoms with Gasteiger partial charge >= 0.3 is 6.18 Å². The minimum absolute atomic E-state index is 0.0862. The number of carbonyl (C=O) groups is 1. The highest BCUT2D eigenvalue weighted by Gasteiger charge is 2.47. The van der Waals surface area contributed by atoms with Gasteiger partial charge in [-0.05, 0) is 30.2 Å². The highest BCUT2D eigenvalue weighted by Crippen LogP contribution is 2.43. The molecule has 0 aliphatic carbocycles. The Hall–Kier alpha value is -3.43. The van der Waals surface area contributed by atoms with E-state index >= 15 is 0 Å². The number of nitrogens with zero attached hydrogens (tertiary/aromatic N) is 2. The summed E-state index contributed by atoms with van der Waals surface area (Å²) in [5.41, 5.74) is 0.825. The first-order valence-corrected chi connectivity index (χ1v) is 9.73. The molecule has 7 nitrogen and oxygen atoms in total. The monoisotopic (exact) mass is 434 g/mol. The van der Waals surface area contributed by atoms with Crippen molar-refractivity contribution < 1.29 is 27.1 Å². The molecule has 0 saturated heterocycles. The molecule has 2 unspecified atom stereocenters. The minimum atomic E-state index is -4.52. The minimum Gasteiger partial charge on any atom is -0.496 e. The molecule has 3 heterocycles. The van der Waals surface area contributed by atoms with Crippen LogP contribution in [0.15, 0.2) is 53.1 Å². The highest BCUT2D eigenvalue weighted by atomic mass is 19.4. The summed E-state index contributed by atoms with van der Waals surface area (Å²) in [5.74, 6) is 0.666. The molecule has 1 aromatic carbocycles. The van der Waals surface area contributed by atoms with Gasteiger partial charge in [-0.25, -0.2) is 4.68 Å². The second-order valence-electron chi connectivity index (χ2n) is 7.18. The number of para-hydroxylation sites is 1. The normalized spacial score (nSPS) is 18.2. The number of benzene rings is 1. The average Bonchev–Trinajstić information content (AvgIpc) is 3.42. The Kier molecular flexibility index (Phi) is 5.62. The van der Waals surface area contributed by atoms with Crippen molar-refractivity contribution in [1.29, 1.82) is 0 Å². The Bertz CT molecular complexity index is 1050. The molecule has 2 aromatic heterocycles. The largest absolute Gasteiger partial charge is 0.496 e. The first-order valence-electron chi connectivity index (χ1n) is 9.73. The summed E-state index contributed by atoms with van der Waals surface area (Å²) in [6.45, 7) is 0.284. The van der Waals surface area contributed by atoms with Gasteiger partial charge in [0.25, 0.3) is 5.91 Å². The number of fused-ring (bicyclic) bond motifs is 1. The first-order chi connectivity index (χ1) is 14.9. The number of hydrogen-bond donors (Lipinski definition) is 2. The maximum atomic E-state index is 13.7. The maximum Gasteiger partial charge on any atom is 0.410 e. The van der Waals surface area contributed by atoms with E-state index in [4.69, 9.17) is 9.15 Å². The van der Waals surface area contributed by atoms with E-state index in [0.717, 1.165) is 10.2 Å². The molecule has 4 rings (SSSR count). The van der Waals surface area contributed by atoms with Gasteiger partial charge in [-0.3, -0.25) is 4.79 Å². The molecule has 164 valence electrons.